The van der Waals surface area contributed by atoms with Crippen molar-refractivity contribution in [1.29, 1.82) is 0 Å². The van der Waals surface area contributed by atoms with Crippen LogP contribution in [0.25, 0.3) is 22.2 Å². The number of halogens is 2. The van der Waals surface area contributed by atoms with Gasteiger partial charge in [0.2, 0.25) is 5.91 Å². The average Bonchev–Trinajstić information content (AvgIpc) is 3.86. The number of nitrogens with two attached hydrogens (primary N) is 1. The number of aromatic nitrogens is 3. The maximum absolute atomic E-state index is 13.8. The summed E-state index contributed by atoms with van der Waals surface area (Å²) in [6, 6.07) is 16.5. The molecule has 2 aromatic heterocycles. The van der Waals surface area contributed by atoms with Gasteiger partial charge in [0, 0.05) is 33.8 Å². The number of amides is 2. The molecule has 0 spiro atoms. The van der Waals surface area contributed by atoms with E-state index in [-0.39, 0.29) is 57.1 Å². The van der Waals surface area contributed by atoms with Gasteiger partial charge in [-0.2, -0.15) is 5.10 Å². The minimum atomic E-state index is -2.05. The van der Waals surface area contributed by atoms with Gasteiger partial charge in [-0.05, 0) is 62.6 Å². The predicted molar refractivity (Wildman–Crippen MR) is 190 cm³/mol. The van der Waals surface area contributed by atoms with Gasteiger partial charge in [-0.1, -0.05) is 53.5 Å². The molecule has 1 atom stereocenters. The second-order valence-corrected chi connectivity index (χ2v) is 12.9. The summed E-state index contributed by atoms with van der Waals surface area (Å²) >= 11 is 13.1. The number of nitrogens with zero attached hydrogens (tertiary/aromatic N) is 3. The zero-order valence-corrected chi connectivity index (χ0v) is 29.1. The molecule has 13 heteroatoms. The molecule has 0 saturated heterocycles. The van der Waals surface area contributed by atoms with Crippen molar-refractivity contribution in [2.75, 3.05) is 20.3 Å². The summed E-state index contributed by atoms with van der Waals surface area (Å²) in [5.41, 5.74) is 6.06. The fraction of sp³-hybridized carbons (Fsp3) is 0.270. The van der Waals surface area contributed by atoms with E-state index in [2.05, 4.69) is 10.4 Å². The Balaban J connectivity index is 1.49. The van der Waals surface area contributed by atoms with E-state index in [1.54, 1.807) is 55.5 Å². The van der Waals surface area contributed by atoms with E-state index in [9.17, 15) is 19.5 Å². The van der Waals surface area contributed by atoms with Crippen LogP contribution in [-0.4, -0.2) is 57.7 Å². The van der Waals surface area contributed by atoms with Crippen LogP contribution in [0.15, 0.2) is 66.9 Å². The topological polar surface area (TPSA) is 159 Å². The smallest absolute Gasteiger partial charge is 0.251 e. The maximum Gasteiger partial charge on any atom is 0.251 e. The van der Waals surface area contributed by atoms with Gasteiger partial charge in [0.15, 0.2) is 5.78 Å². The zero-order chi connectivity index (χ0) is 35.7. The number of primary amides is 1. The largest absolute Gasteiger partial charge is 0.494 e. The molecule has 0 unspecified atom stereocenters. The second-order valence-electron chi connectivity index (χ2n) is 12.2. The number of methoxy groups -OCH3 is 1. The van der Waals surface area contributed by atoms with Crippen LogP contribution in [0.5, 0.6) is 11.5 Å². The molecule has 1 aliphatic rings. The fourth-order valence-electron chi connectivity index (χ4n) is 5.87. The number of carbonyl (C=O) groups excluding carboxylic acids is 3. The molecule has 4 N–H and O–H groups in total. The number of benzene rings is 3. The van der Waals surface area contributed by atoms with E-state index in [0.29, 0.717) is 34.0 Å². The Kier molecular flexibility index (Phi) is 9.84. The standard InChI is InChI=1S/C37H35Cl2N5O6/c1-4-50-35-22(17-31(40)46)16-30(42-34(35)27-9-6-10-28(38)32(27)39)37(48,25-8-5-7-21(14-25)20(2)45)19-41-36(47)23-13-24-18-44(26-11-12-26)43-33(24)29(15-23)49-3/h5-10,13-16,18,26,48H,4,11-12,17,19H2,1-3H3,(H2,40,46)(H,41,47)/t37-/m1/s1. The van der Waals surface area contributed by atoms with E-state index in [4.69, 9.17) is 43.4 Å². The molecular weight excluding hydrogens is 681 g/mol. The highest BCUT2D eigenvalue weighted by Crippen LogP contribution is 2.42. The van der Waals surface area contributed by atoms with Crippen molar-refractivity contribution in [3.63, 3.8) is 0 Å². The molecule has 0 radical (unpaired) electrons. The fourth-order valence-corrected chi connectivity index (χ4v) is 6.26. The van der Waals surface area contributed by atoms with Crippen molar-refractivity contribution >= 4 is 51.7 Å². The highest BCUT2D eigenvalue weighted by Gasteiger charge is 2.37. The van der Waals surface area contributed by atoms with Crippen LogP contribution in [0.2, 0.25) is 10.0 Å². The van der Waals surface area contributed by atoms with Crippen molar-refractivity contribution in [3.8, 4) is 22.8 Å². The lowest BCUT2D eigenvalue weighted by Crippen LogP contribution is -2.42. The number of aliphatic hydroxyl groups is 1. The number of fused-ring (bicyclic) bond motifs is 1. The van der Waals surface area contributed by atoms with Gasteiger partial charge in [0.05, 0.1) is 48.5 Å². The summed E-state index contributed by atoms with van der Waals surface area (Å²) in [4.78, 5) is 43.5. The van der Waals surface area contributed by atoms with Crippen LogP contribution >= 0.6 is 23.2 Å². The average molecular weight is 717 g/mol. The van der Waals surface area contributed by atoms with Crippen molar-refractivity contribution in [3.05, 3.63) is 105 Å². The van der Waals surface area contributed by atoms with Crippen LogP contribution in [0.4, 0.5) is 0 Å². The normalized spacial score (nSPS) is 13.9. The molecule has 11 nitrogen and oxygen atoms in total. The lowest BCUT2D eigenvalue weighted by molar-refractivity contribution is -0.117. The first kappa shape index (κ1) is 34.9. The van der Waals surface area contributed by atoms with Crippen LogP contribution in [0, 0.1) is 0 Å². The van der Waals surface area contributed by atoms with Gasteiger partial charge in [-0.25, -0.2) is 4.98 Å². The molecule has 50 heavy (non-hydrogen) atoms. The number of pyridine rings is 1. The van der Waals surface area contributed by atoms with E-state index >= 15 is 0 Å². The highest BCUT2D eigenvalue weighted by molar-refractivity contribution is 6.43. The van der Waals surface area contributed by atoms with Gasteiger partial charge < -0.3 is 25.6 Å². The molecule has 0 bridgehead atoms. The number of hydrogen-bond acceptors (Lipinski definition) is 8. The third kappa shape index (κ3) is 6.89. The minimum Gasteiger partial charge on any atom is -0.494 e. The van der Waals surface area contributed by atoms with Gasteiger partial charge in [0.1, 0.15) is 28.3 Å². The molecule has 1 aliphatic carbocycles. The molecule has 1 fully saturated rings. The van der Waals surface area contributed by atoms with Crippen molar-refractivity contribution in [1.82, 2.24) is 20.1 Å². The summed E-state index contributed by atoms with van der Waals surface area (Å²) in [6.07, 6.45) is 3.71. The third-order valence-electron chi connectivity index (χ3n) is 8.58. The second kappa shape index (κ2) is 14.1. The van der Waals surface area contributed by atoms with Crippen LogP contribution in [-0.2, 0) is 16.8 Å². The van der Waals surface area contributed by atoms with Crippen molar-refractivity contribution in [2.45, 2.75) is 44.8 Å². The first-order valence-electron chi connectivity index (χ1n) is 16.0. The first-order chi connectivity index (χ1) is 23.9. The minimum absolute atomic E-state index is 0.0305. The van der Waals surface area contributed by atoms with E-state index < -0.39 is 24.0 Å². The van der Waals surface area contributed by atoms with Gasteiger partial charge in [-0.15, -0.1) is 0 Å². The highest BCUT2D eigenvalue weighted by atomic mass is 35.5. The van der Waals surface area contributed by atoms with Crippen LogP contribution in [0.1, 0.15) is 70.3 Å². The Morgan fingerprint density at radius 3 is 2.52 bits per heavy atom. The van der Waals surface area contributed by atoms with Gasteiger partial charge in [-0.3, -0.25) is 19.1 Å². The van der Waals surface area contributed by atoms with Crippen LogP contribution < -0.4 is 20.5 Å². The lowest BCUT2D eigenvalue weighted by Gasteiger charge is -2.30. The molecule has 6 rings (SSSR count). The lowest BCUT2D eigenvalue weighted by atomic mass is 9.86. The first-order valence-corrected chi connectivity index (χ1v) is 16.8. The summed E-state index contributed by atoms with van der Waals surface area (Å²) in [5.74, 6) is -0.729. The third-order valence-corrected chi connectivity index (χ3v) is 9.40. The summed E-state index contributed by atoms with van der Waals surface area (Å²) in [6.45, 7) is 3.00. The SMILES string of the molecule is CCOc1c(CC(N)=O)cc([C@@](O)(CNC(=O)c2cc(OC)c3nn(C4CC4)cc3c2)c2cccc(C(C)=O)c2)nc1-c1cccc(Cl)c1Cl. The molecule has 2 heterocycles. The Morgan fingerprint density at radius 2 is 1.84 bits per heavy atom. The molecular formula is C37H35Cl2N5O6. The van der Waals surface area contributed by atoms with Crippen molar-refractivity contribution < 1.29 is 29.0 Å². The summed E-state index contributed by atoms with van der Waals surface area (Å²) in [7, 11) is 1.51. The molecule has 5 aromatic rings. The maximum atomic E-state index is 13.8. The van der Waals surface area contributed by atoms with Crippen LogP contribution in [0.3, 0.4) is 0 Å². The predicted octanol–water partition coefficient (Wildman–Crippen LogP) is 6.04. The van der Waals surface area contributed by atoms with E-state index in [1.807, 2.05) is 10.9 Å². The zero-order valence-electron chi connectivity index (χ0n) is 27.6. The monoisotopic (exact) mass is 715 g/mol. The molecule has 2 amide bonds. The number of hydrogen-bond donors (Lipinski definition) is 3. The quantitative estimate of drug-likeness (QED) is 0.124. The Labute approximate surface area is 298 Å². The molecule has 0 aliphatic heterocycles. The molecule has 3 aromatic carbocycles. The van der Waals surface area contributed by atoms with Gasteiger partial charge >= 0.3 is 0 Å². The Hall–Kier alpha value is -4.97. The number of ketones is 1. The Bertz CT molecular complexity index is 2150. The van der Waals surface area contributed by atoms with Crippen molar-refractivity contribution in [2.24, 2.45) is 5.73 Å². The number of rotatable bonds is 13. The van der Waals surface area contributed by atoms with E-state index in [1.165, 1.54) is 26.2 Å². The van der Waals surface area contributed by atoms with E-state index in [0.717, 1.165) is 18.2 Å². The molecule has 1 saturated carbocycles. The molecule has 258 valence electrons. The number of nitrogens with one attached hydrogen (secondary N) is 1. The number of Topliss-reactive ketones (excluding diaryl/α,β-unsaturated/α-hetero) is 1. The summed E-state index contributed by atoms with van der Waals surface area (Å²) < 4.78 is 13.5. The number of ether oxygens (including phenoxy) is 2. The van der Waals surface area contributed by atoms with Gasteiger partial charge in [0.25, 0.3) is 5.91 Å². The number of carbonyl (C=O) groups is 3. The Morgan fingerprint density at radius 1 is 1.08 bits per heavy atom. The summed E-state index contributed by atoms with van der Waals surface area (Å²) in [5, 5.41) is 21.4.